The van der Waals surface area contributed by atoms with Crippen molar-refractivity contribution in [3.05, 3.63) is 17.3 Å². The highest BCUT2D eigenvalue weighted by atomic mass is 16.4. The number of hydrogen-bond acceptors (Lipinski definition) is 4. The fourth-order valence-corrected chi connectivity index (χ4v) is 1.40. The van der Waals surface area contributed by atoms with Gasteiger partial charge in [0.15, 0.2) is 0 Å². The number of aromatic nitrogens is 1. The van der Waals surface area contributed by atoms with Crippen LogP contribution in [0, 0.1) is 0 Å². The van der Waals surface area contributed by atoms with Gasteiger partial charge in [-0.3, -0.25) is 4.79 Å². The van der Waals surface area contributed by atoms with Gasteiger partial charge < -0.3 is 10.2 Å². The lowest BCUT2D eigenvalue weighted by Gasteiger charge is -1.89. The van der Waals surface area contributed by atoms with Gasteiger partial charge in [0.1, 0.15) is 5.76 Å². The summed E-state index contributed by atoms with van der Waals surface area (Å²) in [7, 11) is 0. The zero-order valence-electron chi connectivity index (χ0n) is 6.67. The standard InChI is InChI=1S/C8H10N2O2/c9-4-6(11)8-10-5-2-1-3-7(5)12-8/h1-4,9H2. The Kier molecular flexibility index (Phi) is 1.69. The summed E-state index contributed by atoms with van der Waals surface area (Å²) in [4.78, 5) is 15.1. The minimum Gasteiger partial charge on any atom is -0.439 e. The highest BCUT2D eigenvalue weighted by Crippen LogP contribution is 2.21. The zero-order valence-corrected chi connectivity index (χ0v) is 6.67. The molecule has 64 valence electrons. The van der Waals surface area contributed by atoms with Gasteiger partial charge in [-0.2, -0.15) is 0 Å². The fraction of sp³-hybridized carbons (Fsp3) is 0.500. The molecular weight excluding hydrogens is 156 g/mol. The number of carbonyl (C=O) groups excluding carboxylic acids is 1. The Hall–Kier alpha value is -1.16. The van der Waals surface area contributed by atoms with Crippen molar-refractivity contribution in [2.75, 3.05) is 6.54 Å². The molecule has 1 heterocycles. The van der Waals surface area contributed by atoms with E-state index in [0.717, 1.165) is 30.7 Å². The molecule has 0 fully saturated rings. The van der Waals surface area contributed by atoms with Gasteiger partial charge in [0, 0.05) is 6.42 Å². The quantitative estimate of drug-likeness (QED) is 0.642. The molecule has 2 rings (SSSR count). The highest BCUT2D eigenvalue weighted by molar-refractivity contribution is 5.93. The second-order valence-electron chi connectivity index (χ2n) is 2.87. The van der Waals surface area contributed by atoms with E-state index in [9.17, 15) is 4.79 Å². The third-order valence-electron chi connectivity index (χ3n) is 2.02. The smallest absolute Gasteiger partial charge is 0.264 e. The molecule has 0 saturated carbocycles. The lowest BCUT2D eigenvalue weighted by Crippen LogP contribution is -2.13. The van der Waals surface area contributed by atoms with E-state index < -0.39 is 0 Å². The predicted molar refractivity (Wildman–Crippen MR) is 41.9 cm³/mol. The summed E-state index contributed by atoms with van der Waals surface area (Å²) in [5, 5.41) is 0. The van der Waals surface area contributed by atoms with Gasteiger partial charge >= 0.3 is 0 Å². The summed E-state index contributed by atoms with van der Waals surface area (Å²) in [5.74, 6) is 0.832. The van der Waals surface area contributed by atoms with Crippen molar-refractivity contribution in [2.45, 2.75) is 19.3 Å². The maximum atomic E-state index is 11.0. The van der Waals surface area contributed by atoms with E-state index in [1.807, 2.05) is 0 Å². The Balaban J connectivity index is 2.31. The van der Waals surface area contributed by atoms with Crippen molar-refractivity contribution in [3.8, 4) is 0 Å². The molecule has 0 aromatic carbocycles. The first-order valence-corrected chi connectivity index (χ1v) is 4.03. The molecule has 0 saturated heterocycles. The normalized spacial score (nSPS) is 14.8. The molecule has 12 heavy (non-hydrogen) atoms. The monoisotopic (exact) mass is 166 g/mol. The van der Waals surface area contributed by atoms with Crippen molar-refractivity contribution >= 4 is 5.78 Å². The number of aryl methyl sites for hydroxylation is 2. The second-order valence-corrected chi connectivity index (χ2v) is 2.87. The van der Waals surface area contributed by atoms with Crippen molar-refractivity contribution in [1.29, 1.82) is 0 Å². The third-order valence-corrected chi connectivity index (χ3v) is 2.02. The Morgan fingerprint density at radius 2 is 2.42 bits per heavy atom. The van der Waals surface area contributed by atoms with E-state index in [1.54, 1.807) is 0 Å². The Labute approximate surface area is 69.8 Å². The Morgan fingerprint density at radius 3 is 3.08 bits per heavy atom. The molecule has 2 N–H and O–H groups in total. The minimum atomic E-state index is -0.218. The number of rotatable bonds is 2. The summed E-state index contributed by atoms with van der Waals surface area (Å²) in [6, 6.07) is 0. The average molecular weight is 166 g/mol. The van der Waals surface area contributed by atoms with E-state index in [-0.39, 0.29) is 18.2 Å². The molecule has 4 heteroatoms. The molecule has 0 radical (unpaired) electrons. The van der Waals surface area contributed by atoms with Crippen LogP contribution in [0.1, 0.15) is 28.6 Å². The van der Waals surface area contributed by atoms with Gasteiger partial charge in [0.2, 0.25) is 5.78 Å². The number of nitrogens with two attached hydrogens (primary N) is 1. The molecule has 0 spiro atoms. The van der Waals surface area contributed by atoms with Crippen LogP contribution in [-0.4, -0.2) is 17.3 Å². The van der Waals surface area contributed by atoms with Crippen LogP contribution in [0.3, 0.4) is 0 Å². The average Bonchev–Trinajstić information content (AvgIpc) is 2.60. The third kappa shape index (κ3) is 1.04. The van der Waals surface area contributed by atoms with E-state index in [4.69, 9.17) is 10.2 Å². The number of Topliss-reactive ketones (excluding diaryl/α,β-unsaturated/α-hetero) is 1. The molecule has 0 amide bonds. The van der Waals surface area contributed by atoms with E-state index in [2.05, 4.69) is 4.98 Å². The summed E-state index contributed by atoms with van der Waals surface area (Å²) in [6.45, 7) is -0.0284. The molecule has 1 aliphatic carbocycles. The van der Waals surface area contributed by atoms with Gasteiger partial charge in [-0.1, -0.05) is 0 Å². The van der Waals surface area contributed by atoms with Crippen molar-refractivity contribution in [2.24, 2.45) is 5.73 Å². The number of ketones is 1. The lowest BCUT2D eigenvalue weighted by molar-refractivity contribution is 0.0966. The second kappa shape index (κ2) is 2.71. The summed E-state index contributed by atoms with van der Waals surface area (Å²) < 4.78 is 5.24. The van der Waals surface area contributed by atoms with Gasteiger partial charge in [0.25, 0.3) is 5.89 Å². The Morgan fingerprint density at radius 1 is 1.58 bits per heavy atom. The van der Waals surface area contributed by atoms with Crippen LogP contribution >= 0.6 is 0 Å². The van der Waals surface area contributed by atoms with Gasteiger partial charge in [-0.25, -0.2) is 4.98 Å². The van der Waals surface area contributed by atoms with Crippen LogP contribution in [-0.2, 0) is 12.8 Å². The van der Waals surface area contributed by atoms with Crippen LogP contribution in [0.2, 0.25) is 0 Å². The number of carbonyl (C=O) groups is 1. The number of hydrogen-bond donors (Lipinski definition) is 1. The molecule has 0 unspecified atom stereocenters. The maximum Gasteiger partial charge on any atom is 0.264 e. The molecule has 4 nitrogen and oxygen atoms in total. The Bertz CT molecular complexity index is 295. The molecule has 0 aliphatic heterocycles. The van der Waals surface area contributed by atoms with E-state index in [1.165, 1.54) is 0 Å². The highest BCUT2D eigenvalue weighted by Gasteiger charge is 2.21. The molecular formula is C8H10N2O2. The number of fused-ring (bicyclic) bond motifs is 1. The van der Waals surface area contributed by atoms with Crippen LogP contribution in [0.15, 0.2) is 4.42 Å². The van der Waals surface area contributed by atoms with Gasteiger partial charge in [0.05, 0.1) is 12.2 Å². The maximum absolute atomic E-state index is 11.0. The van der Waals surface area contributed by atoms with Gasteiger partial charge in [-0.15, -0.1) is 0 Å². The van der Waals surface area contributed by atoms with E-state index in [0.29, 0.717) is 0 Å². The minimum absolute atomic E-state index is 0.0284. The van der Waals surface area contributed by atoms with Crippen LogP contribution in [0.5, 0.6) is 0 Å². The predicted octanol–water partition coefficient (Wildman–Crippen LogP) is 0.305. The summed E-state index contributed by atoms with van der Waals surface area (Å²) in [6.07, 6.45) is 2.91. The summed E-state index contributed by atoms with van der Waals surface area (Å²) >= 11 is 0. The largest absolute Gasteiger partial charge is 0.439 e. The molecule has 0 bridgehead atoms. The summed E-state index contributed by atoms with van der Waals surface area (Å²) in [5.41, 5.74) is 6.11. The van der Waals surface area contributed by atoms with E-state index >= 15 is 0 Å². The molecule has 1 aromatic heterocycles. The van der Waals surface area contributed by atoms with Crippen LogP contribution in [0.4, 0.5) is 0 Å². The lowest BCUT2D eigenvalue weighted by atomic mass is 10.3. The molecule has 1 aliphatic rings. The first kappa shape index (κ1) is 7.49. The first-order chi connectivity index (χ1) is 5.81. The van der Waals surface area contributed by atoms with Crippen molar-refractivity contribution in [3.63, 3.8) is 0 Å². The van der Waals surface area contributed by atoms with Crippen molar-refractivity contribution < 1.29 is 9.21 Å². The topological polar surface area (TPSA) is 69.1 Å². The number of nitrogens with zero attached hydrogens (tertiary/aromatic N) is 1. The number of oxazole rings is 1. The first-order valence-electron chi connectivity index (χ1n) is 4.03. The van der Waals surface area contributed by atoms with Gasteiger partial charge in [-0.05, 0) is 12.8 Å². The van der Waals surface area contributed by atoms with Crippen LogP contribution in [0.25, 0.3) is 0 Å². The van der Waals surface area contributed by atoms with Crippen LogP contribution < -0.4 is 5.73 Å². The zero-order chi connectivity index (χ0) is 8.55. The molecule has 1 aromatic rings. The molecule has 0 atom stereocenters. The SMILES string of the molecule is NCC(=O)c1nc2c(o1)CCC2. The van der Waals surface area contributed by atoms with Crippen molar-refractivity contribution in [1.82, 2.24) is 4.98 Å². The fourth-order valence-electron chi connectivity index (χ4n) is 1.40.